The second kappa shape index (κ2) is 12.1. The van der Waals surface area contributed by atoms with Gasteiger partial charge in [0.25, 0.3) is 0 Å². The van der Waals surface area contributed by atoms with Gasteiger partial charge in [-0.05, 0) is 44.1 Å². The van der Waals surface area contributed by atoms with Crippen LogP contribution < -0.4 is 15.4 Å². The number of methoxy groups -OCH3 is 1. The first-order valence-corrected chi connectivity index (χ1v) is 11.0. The molecule has 4 rings (SSSR count). The third-order valence-electron chi connectivity index (χ3n) is 5.86. The molecule has 1 fully saturated rings. The molecule has 0 bridgehead atoms. The number of H-pyrrole nitrogens is 1. The van der Waals surface area contributed by atoms with Gasteiger partial charge in [-0.1, -0.05) is 30.3 Å². The third kappa shape index (κ3) is 5.92. The van der Waals surface area contributed by atoms with Gasteiger partial charge in [-0.25, -0.2) is 4.98 Å². The summed E-state index contributed by atoms with van der Waals surface area (Å²) in [7, 11) is 3.55. The molecule has 172 valence electrons. The van der Waals surface area contributed by atoms with Crippen LogP contribution in [-0.4, -0.2) is 61.2 Å². The van der Waals surface area contributed by atoms with Gasteiger partial charge in [0.2, 0.25) is 0 Å². The molecule has 1 saturated heterocycles. The number of fused-ring (bicyclic) bond motifs is 1. The van der Waals surface area contributed by atoms with Crippen LogP contribution in [0.3, 0.4) is 0 Å². The van der Waals surface area contributed by atoms with Crippen molar-refractivity contribution in [2.75, 3.05) is 40.3 Å². The number of aromatic nitrogens is 2. The smallest absolute Gasteiger partial charge is 0.191 e. The maximum atomic E-state index is 5.65. The van der Waals surface area contributed by atoms with Crippen molar-refractivity contribution < 1.29 is 4.74 Å². The first-order valence-electron chi connectivity index (χ1n) is 11.0. The summed E-state index contributed by atoms with van der Waals surface area (Å²) in [6, 6.07) is 16.7. The first kappa shape index (κ1) is 24.3. The zero-order chi connectivity index (χ0) is 21.5. The lowest BCUT2D eigenvalue weighted by molar-refractivity contribution is 0.239. The van der Waals surface area contributed by atoms with Crippen LogP contribution in [0.2, 0.25) is 0 Å². The van der Waals surface area contributed by atoms with Gasteiger partial charge in [0, 0.05) is 32.1 Å². The molecule has 1 aliphatic rings. The normalized spacial score (nSPS) is 15.4. The molecule has 2 heterocycles. The first-order chi connectivity index (χ1) is 15.3. The van der Waals surface area contributed by atoms with Gasteiger partial charge in [0.05, 0.1) is 24.2 Å². The Balaban J connectivity index is 0.00000289. The van der Waals surface area contributed by atoms with Crippen LogP contribution >= 0.6 is 24.0 Å². The highest BCUT2D eigenvalue weighted by Crippen LogP contribution is 2.31. The Labute approximate surface area is 207 Å². The number of aliphatic imine (C=N–C) groups is 1. The van der Waals surface area contributed by atoms with Crippen LogP contribution in [0.4, 0.5) is 0 Å². The molecule has 0 radical (unpaired) electrons. The molecular weight excluding hydrogens is 515 g/mol. The van der Waals surface area contributed by atoms with E-state index in [1.165, 1.54) is 18.4 Å². The monoisotopic (exact) mass is 548 g/mol. The number of aromatic amines is 1. The summed E-state index contributed by atoms with van der Waals surface area (Å²) >= 11 is 0. The summed E-state index contributed by atoms with van der Waals surface area (Å²) in [6.07, 6.45) is 3.30. The Kier molecular flexibility index (Phi) is 9.16. The van der Waals surface area contributed by atoms with Crippen LogP contribution in [0.5, 0.6) is 5.75 Å². The fraction of sp³-hybridized carbons (Fsp3) is 0.417. The largest absolute Gasteiger partial charge is 0.496 e. The number of ether oxygens (including phenoxy) is 1. The fourth-order valence-corrected chi connectivity index (χ4v) is 4.27. The van der Waals surface area contributed by atoms with Crippen LogP contribution in [-0.2, 0) is 6.42 Å². The molecular formula is C24H33IN6O. The van der Waals surface area contributed by atoms with Crippen molar-refractivity contribution in [1.29, 1.82) is 0 Å². The predicted molar refractivity (Wildman–Crippen MR) is 141 cm³/mol. The highest BCUT2D eigenvalue weighted by atomic mass is 127. The Morgan fingerprint density at radius 1 is 1.12 bits per heavy atom. The van der Waals surface area contributed by atoms with Gasteiger partial charge in [0.15, 0.2) is 5.96 Å². The molecule has 3 N–H and O–H groups in total. The summed E-state index contributed by atoms with van der Waals surface area (Å²) in [4.78, 5) is 15.0. The molecule has 2 aromatic carbocycles. The molecule has 8 heteroatoms. The van der Waals surface area contributed by atoms with Crippen LogP contribution in [0.15, 0.2) is 53.5 Å². The van der Waals surface area contributed by atoms with E-state index in [1.54, 1.807) is 7.11 Å². The van der Waals surface area contributed by atoms with Crippen LogP contribution in [0.25, 0.3) is 11.0 Å². The molecule has 32 heavy (non-hydrogen) atoms. The van der Waals surface area contributed by atoms with Crippen LogP contribution in [0, 0.1) is 0 Å². The molecule has 1 unspecified atom stereocenters. The van der Waals surface area contributed by atoms with Crippen LogP contribution in [0.1, 0.15) is 30.3 Å². The lowest BCUT2D eigenvalue weighted by atomic mass is 10.0. The SMILES string of the molecule is CN=C(NCCc1nc2ccccc2[nH]1)NCC(c1ccccc1OC)N1CCCC1.I. The minimum absolute atomic E-state index is 0. The van der Waals surface area contributed by atoms with E-state index in [2.05, 4.69) is 48.7 Å². The number of likely N-dealkylation sites (tertiary alicyclic amines) is 1. The van der Waals surface area contributed by atoms with Gasteiger partial charge >= 0.3 is 0 Å². The predicted octanol–water partition coefficient (Wildman–Crippen LogP) is 3.73. The Morgan fingerprint density at radius 2 is 1.88 bits per heavy atom. The van der Waals surface area contributed by atoms with Crippen molar-refractivity contribution in [2.45, 2.75) is 25.3 Å². The van der Waals surface area contributed by atoms with Crippen molar-refractivity contribution in [3.8, 4) is 5.75 Å². The number of guanidine groups is 1. The number of hydrogen-bond donors (Lipinski definition) is 3. The van der Waals surface area contributed by atoms with Crippen molar-refractivity contribution in [3.63, 3.8) is 0 Å². The quantitative estimate of drug-likeness (QED) is 0.227. The standard InChI is InChI=1S/C24H32N6O.HI/c1-25-24(26-14-13-23-28-19-10-4-5-11-20(19)29-23)27-17-21(30-15-7-8-16-30)18-9-3-6-12-22(18)31-2;/h3-6,9-12,21H,7-8,13-17H2,1-2H3,(H,28,29)(H2,25,26,27);1H. The van der Waals surface area contributed by atoms with Crippen molar-refractivity contribution >= 4 is 41.0 Å². The summed E-state index contributed by atoms with van der Waals surface area (Å²) < 4.78 is 5.65. The summed E-state index contributed by atoms with van der Waals surface area (Å²) in [5.41, 5.74) is 3.30. The number of imidazole rings is 1. The molecule has 1 aliphatic heterocycles. The maximum Gasteiger partial charge on any atom is 0.191 e. The van der Waals surface area contributed by atoms with E-state index >= 15 is 0 Å². The van der Waals surface area contributed by atoms with E-state index in [4.69, 9.17) is 4.74 Å². The van der Waals surface area contributed by atoms with E-state index in [0.717, 1.165) is 61.2 Å². The van der Waals surface area contributed by atoms with E-state index in [1.807, 2.05) is 37.4 Å². The van der Waals surface area contributed by atoms with Gasteiger partial charge in [-0.15, -0.1) is 24.0 Å². The van der Waals surface area contributed by atoms with Gasteiger partial charge in [0.1, 0.15) is 11.6 Å². The van der Waals surface area contributed by atoms with E-state index in [0.29, 0.717) is 0 Å². The van der Waals surface area contributed by atoms with Crippen molar-refractivity contribution in [3.05, 3.63) is 59.9 Å². The number of para-hydroxylation sites is 3. The lowest BCUT2D eigenvalue weighted by Crippen LogP contribution is -2.43. The number of nitrogens with zero attached hydrogens (tertiary/aromatic N) is 3. The fourth-order valence-electron chi connectivity index (χ4n) is 4.27. The topological polar surface area (TPSA) is 77.6 Å². The minimum atomic E-state index is 0. The second-order valence-corrected chi connectivity index (χ2v) is 7.83. The summed E-state index contributed by atoms with van der Waals surface area (Å²) in [5.74, 6) is 2.72. The minimum Gasteiger partial charge on any atom is -0.496 e. The second-order valence-electron chi connectivity index (χ2n) is 7.83. The third-order valence-corrected chi connectivity index (χ3v) is 5.86. The molecule has 1 atom stereocenters. The summed E-state index contributed by atoms with van der Waals surface area (Å²) in [6.45, 7) is 3.75. The van der Waals surface area contributed by atoms with Gasteiger partial charge < -0.3 is 20.4 Å². The number of rotatable bonds is 8. The number of hydrogen-bond acceptors (Lipinski definition) is 4. The molecule has 0 aliphatic carbocycles. The highest BCUT2D eigenvalue weighted by Gasteiger charge is 2.26. The lowest BCUT2D eigenvalue weighted by Gasteiger charge is -2.30. The zero-order valence-electron chi connectivity index (χ0n) is 18.8. The molecule has 0 amide bonds. The molecule has 1 aromatic heterocycles. The molecule has 0 saturated carbocycles. The summed E-state index contributed by atoms with van der Waals surface area (Å²) in [5, 5.41) is 6.94. The average Bonchev–Trinajstić information content (AvgIpc) is 3.48. The van der Waals surface area contributed by atoms with E-state index in [-0.39, 0.29) is 30.0 Å². The number of nitrogens with one attached hydrogen (secondary N) is 3. The number of benzene rings is 2. The maximum absolute atomic E-state index is 5.65. The zero-order valence-corrected chi connectivity index (χ0v) is 21.1. The Bertz CT molecular complexity index is 981. The average molecular weight is 548 g/mol. The molecule has 3 aromatic rings. The van der Waals surface area contributed by atoms with E-state index in [9.17, 15) is 0 Å². The number of halogens is 1. The molecule has 7 nitrogen and oxygen atoms in total. The van der Waals surface area contributed by atoms with Crippen molar-refractivity contribution in [2.24, 2.45) is 4.99 Å². The Hall–Kier alpha value is -2.33. The van der Waals surface area contributed by atoms with Gasteiger partial charge in [-0.3, -0.25) is 9.89 Å². The van der Waals surface area contributed by atoms with Gasteiger partial charge in [-0.2, -0.15) is 0 Å². The van der Waals surface area contributed by atoms with E-state index < -0.39 is 0 Å². The highest BCUT2D eigenvalue weighted by molar-refractivity contribution is 14.0. The molecule has 0 spiro atoms. The Morgan fingerprint density at radius 3 is 2.62 bits per heavy atom. The van der Waals surface area contributed by atoms with Crippen molar-refractivity contribution in [1.82, 2.24) is 25.5 Å².